The van der Waals surface area contributed by atoms with Crippen LogP contribution >= 0.6 is 0 Å². The summed E-state index contributed by atoms with van der Waals surface area (Å²) in [7, 11) is -2.45. The first kappa shape index (κ1) is 20.6. The van der Waals surface area contributed by atoms with E-state index < -0.39 is 14.4 Å². The van der Waals surface area contributed by atoms with Gasteiger partial charge in [0.15, 0.2) is 0 Å². The summed E-state index contributed by atoms with van der Waals surface area (Å²) in [6.45, 7) is 13.2. The predicted octanol–water partition coefficient (Wildman–Crippen LogP) is 4.28. The van der Waals surface area contributed by atoms with Crippen LogP contribution in [-0.4, -0.2) is 26.1 Å². The molecule has 0 aliphatic carbocycles. The van der Waals surface area contributed by atoms with E-state index in [-0.39, 0.29) is 5.04 Å². The number of hydrogen-bond donors (Lipinski definition) is 1. The zero-order chi connectivity index (χ0) is 19.2. The molecular formula is C23H32O2Si. The van der Waals surface area contributed by atoms with E-state index >= 15 is 0 Å². The van der Waals surface area contributed by atoms with Gasteiger partial charge in [-0.1, -0.05) is 93.6 Å². The van der Waals surface area contributed by atoms with Gasteiger partial charge in [-0.3, -0.25) is 0 Å². The van der Waals surface area contributed by atoms with E-state index in [4.69, 9.17) is 4.43 Å². The standard InChI is InChI=1S/C23H32O2Si/c1-19(2)22(24)17-12-18-25-26(23(3,4)5,20-13-8-6-9-14-20)21-15-10-7-11-16-21/h6-11,13-16,22,24H,1,12,17-18H2,2-5H3/t22-/m0/s1. The molecule has 0 aliphatic rings. The SMILES string of the molecule is C=C(C)[C@@H](O)CCCO[Si](c1ccccc1)(c1ccccc1)C(C)(C)C. The summed E-state index contributed by atoms with van der Waals surface area (Å²) in [5.74, 6) is 0. The van der Waals surface area contributed by atoms with Crippen molar-refractivity contribution in [3.63, 3.8) is 0 Å². The quantitative estimate of drug-likeness (QED) is 0.428. The van der Waals surface area contributed by atoms with Crippen LogP contribution in [-0.2, 0) is 4.43 Å². The van der Waals surface area contributed by atoms with Crippen molar-refractivity contribution in [3.8, 4) is 0 Å². The molecule has 0 heterocycles. The van der Waals surface area contributed by atoms with E-state index in [1.807, 2.05) is 6.92 Å². The van der Waals surface area contributed by atoms with Crippen LogP contribution in [0, 0.1) is 0 Å². The molecule has 26 heavy (non-hydrogen) atoms. The fourth-order valence-electron chi connectivity index (χ4n) is 3.51. The molecule has 0 radical (unpaired) electrons. The summed E-state index contributed by atoms with van der Waals surface area (Å²) in [4.78, 5) is 0. The van der Waals surface area contributed by atoms with Gasteiger partial charge in [0.25, 0.3) is 8.32 Å². The molecule has 2 aromatic rings. The average Bonchev–Trinajstić information content (AvgIpc) is 2.62. The Morgan fingerprint density at radius 1 is 1.00 bits per heavy atom. The van der Waals surface area contributed by atoms with Crippen LogP contribution in [0.4, 0.5) is 0 Å². The number of aliphatic hydroxyl groups excluding tert-OH is 1. The minimum atomic E-state index is -2.45. The van der Waals surface area contributed by atoms with Gasteiger partial charge in [0.05, 0.1) is 6.10 Å². The number of benzene rings is 2. The molecule has 0 aliphatic heterocycles. The summed E-state index contributed by atoms with van der Waals surface area (Å²) >= 11 is 0. The van der Waals surface area contributed by atoms with Gasteiger partial charge in [0, 0.05) is 6.61 Å². The summed E-state index contributed by atoms with van der Waals surface area (Å²) in [5, 5.41) is 12.6. The summed E-state index contributed by atoms with van der Waals surface area (Å²) in [5.41, 5.74) is 0.815. The van der Waals surface area contributed by atoms with E-state index in [0.717, 1.165) is 12.0 Å². The largest absolute Gasteiger partial charge is 0.407 e. The highest BCUT2D eigenvalue weighted by Gasteiger charge is 2.49. The van der Waals surface area contributed by atoms with Gasteiger partial charge in [-0.25, -0.2) is 0 Å². The van der Waals surface area contributed by atoms with Crippen molar-refractivity contribution in [1.29, 1.82) is 0 Å². The third-order valence-electron chi connectivity index (χ3n) is 4.93. The Hall–Kier alpha value is -1.68. The van der Waals surface area contributed by atoms with E-state index in [0.29, 0.717) is 13.0 Å². The van der Waals surface area contributed by atoms with E-state index in [9.17, 15) is 5.11 Å². The first-order chi connectivity index (χ1) is 12.3. The summed E-state index contributed by atoms with van der Waals surface area (Å²) < 4.78 is 6.79. The number of hydrogen-bond acceptors (Lipinski definition) is 2. The van der Waals surface area contributed by atoms with Crippen LogP contribution in [0.25, 0.3) is 0 Å². The monoisotopic (exact) mass is 368 g/mol. The predicted molar refractivity (Wildman–Crippen MR) is 114 cm³/mol. The van der Waals surface area contributed by atoms with Gasteiger partial charge in [-0.15, -0.1) is 0 Å². The highest BCUT2D eigenvalue weighted by Crippen LogP contribution is 2.36. The molecule has 2 nitrogen and oxygen atoms in total. The summed E-state index contributed by atoms with van der Waals surface area (Å²) in [6.07, 6.45) is 1.06. The fourth-order valence-corrected chi connectivity index (χ4v) is 8.12. The third-order valence-corrected chi connectivity index (χ3v) is 9.97. The first-order valence-electron chi connectivity index (χ1n) is 9.37. The topological polar surface area (TPSA) is 29.5 Å². The average molecular weight is 369 g/mol. The molecule has 0 spiro atoms. The van der Waals surface area contributed by atoms with Crippen molar-refractivity contribution >= 4 is 18.7 Å². The molecule has 0 aromatic heterocycles. The Morgan fingerprint density at radius 3 is 1.85 bits per heavy atom. The van der Waals surface area contributed by atoms with Crippen molar-refractivity contribution in [2.24, 2.45) is 0 Å². The van der Waals surface area contributed by atoms with Gasteiger partial charge in [0.2, 0.25) is 0 Å². The second-order valence-electron chi connectivity index (χ2n) is 8.02. The smallest absolute Gasteiger partial charge is 0.261 e. The van der Waals surface area contributed by atoms with Crippen LogP contribution in [0.2, 0.25) is 5.04 Å². The maximum absolute atomic E-state index is 10.0. The molecule has 2 aromatic carbocycles. The lowest BCUT2D eigenvalue weighted by Crippen LogP contribution is -2.66. The maximum atomic E-state index is 10.0. The molecule has 0 amide bonds. The lowest BCUT2D eigenvalue weighted by molar-refractivity contribution is 0.183. The lowest BCUT2D eigenvalue weighted by Gasteiger charge is -2.43. The second kappa shape index (κ2) is 8.80. The first-order valence-corrected chi connectivity index (χ1v) is 11.3. The lowest BCUT2D eigenvalue weighted by atomic mass is 10.1. The Kier molecular flexibility index (Phi) is 6.99. The Morgan fingerprint density at radius 2 is 1.46 bits per heavy atom. The minimum absolute atomic E-state index is 0.0112. The van der Waals surface area contributed by atoms with Crippen molar-refractivity contribution in [2.75, 3.05) is 6.61 Å². The van der Waals surface area contributed by atoms with Crippen LogP contribution < -0.4 is 10.4 Å². The molecule has 0 unspecified atom stereocenters. The molecule has 1 N–H and O–H groups in total. The van der Waals surface area contributed by atoms with Gasteiger partial charge in [0.1, 0.15) is 0 Å². The minimum Gasteiger partial charge on any atom is -0.407 e. The Balaban J connectivity index is 2.36. The molecule has 2 rings (SSSR count). The molecule has 0 saturated heterocycles. The zero-order valence-corrected chi connectivity index (χ0v) is 17.5. The van der Waals surface area contributed by atoms with Gasteiger partial charge >= 0.3 is 0 Å². The Labute approximate surface area is 159 Å². The molecule has 1 atom stereocenters. The molecular weight excluding hydrogens is 336 g/mol. The third kappa shape index (κ3) is 4.53. The zero-order valence-electron chi connectivity index (χ0n) is 16.5. The van der Waals surface area contributed by atoms with Crippen LogP contribution in [0.1, 0.15) is 40.5 Å². The number of aliphatic hydroxyl groups is 1. The number of rotatable bonds is 8. The highest BCUT2D eigenvalue weighted by molar-refractivity contribution is 6.99. The summed E-state index contributed by atoms with van der Waals surface area (Å²) in [6, 6.07) is 21.3. The highest BCUT2D eigenvalue weighted by atomic mass is 28.4. The van der Waals surface area contributed by atoms with Crippen LogP contribution in [0.5, 0.6) is 0 Å². The van der Waals surface area contributed by atoms with Crippen LogP contribution in [0.15, 0.2) is 72.8 Å². The molecule has 0 saturated carbocycles. The van der Waals surface area contributed by atoms with Crippen molar-refractivity contribution < 1.29 is 9.53 Å². The van der Waals surface area contributed by atoms with Gasteiger partial charge < -0.3 is 9.53 Å². The van der Waals surface area contributed by atoms with E-state index in [1.165, 1.54) is 10.4 Å². The van der Waals surface area contributed by atoms with Gasteiger partial charge in [-0.05, 0) is 35.2 Å². The van der Waals surface area contributed by atoms with Crippen molar-refractivity contribution in [1.82, 2.24) is 0 Å². The second-order valence-corrected chi connectivity index (χ2v) is 12.3. The van der Waals surface area contributed by atoms with E-state index in [1.54, 1.807) is 0 Å². The Bertz CT molecular complexity index is 650. The molecule has 0 bridgehead atoms. The maximum Gasteiger partial charge on any atom is 0.261 e. The molecule has 0 fully saturated rings. The molecule has 140 valence electrons. The van der Waals surface area contributed by atoms with Crippen molar-refractivity contribution in [2.45, 2.75) is 51.7 Å². The normalized spacial score (nSPS) is 13.4. The van der Waals surface area contributed by atoms with Crippen LogP contribution in [0.3, 0.4) is 0 Å². The van der Waals surface area contributed by atoms with E-state index in [2.05, 4.69) is 88.0 Å². The molecule has 3 heteroatoms. The van der Waals surface area contributed by atoms with Crippen molar-refractivity contribution in [3.05, 3.63) is 72.8 Å². The van der Waals surface area contributed by atoms with Gasteiger partial charge in [-0.2, -0.15) is 0 Å². The fraction of sp³-hybridized carbons (Fsp3) is 0.391.